The Morgan fingerprint density at radius 3 is 1.50 bits per heavy atom. The van der Waals surface area contributed by atoms with Gasteiger partial charge in [-0.25, -0.2) is 0 Å². The molecular formula is C11H27Cl2NSi2. The molecule has 1 nitrogen and oxygen atoms in total. The molecule has 0 aliphatic heterocycles. The molecule has 0 aromatic heterocycles. The highest BCUT2D eigenvalue weighted by atomic mass is 35.6. The van der Waals surface area contributed by atoms with Crippen molar-refractivity contribution in [1.82, 2.24) is 4.57 Å². The fourth-order valence-corrected chi connectivity index (χ4v) is 8.02. The molecule has 0 bridgehead atoms. The summed E-state index contributed by atoms with van der Waals surface area (Å²) in [5.41, 5.74) is 0. The molecule has 5 heteroatoms. The second-order valence-electron chi connectivity index (χ2n) is 5.12. The highest BCUT2D eigenvalue weighted by Gasteiger charge is 2.47. The average molecular weight is 300 g/mol. The maximum atomic E-state index is 6.84. The van der Waals surface area contributed by atoms with Crippen molar-refractivity contribution in [2.24, 2.45) is 0 Å². The van der Waals surface area contributed by atoms with Gasteiger partial charge < -0.3 is 4.57 Å². The van der Waals surface area contributed by atoms with Gasteiger partial charge in [0.2, 0.25) is 7.06 Å². The summed E-state index contributed by atoms with van der Waals surface area (Å²) in [7, 11) is -1.90. The molecule has 0 aliphatic rings. The van der Waals surface area contributed by atoms with Gasteiger partial charge in [0.25, 0.3) is 0 Å². The number of halogens is 2. The maximum Gasteiger partial charge on any atom is 0.230 e. The maximum absolute atomic E-state index is 6.84. The van der Waals surface area contributed by atoms with Crippen molar-refractivity contribution in [3.05, 3.63) is 0 Å². The standard InChI is InChI=1S/C11H27Cl2NSi2/c1-6-8-10-14(11-9-7-2)16(5,13)15(3,4)12/h6-11H2,1-5H3. The van der Waals surface area contributed by atoms with Crippen LogP contribution in [0.2, 0.25) is 19.6 Å². The Bertz CT molecular complexity index is 185. The van der Waals surface area contributed by atoms with Gasteiger partial charge in [-0.1, -0.05) is 39.8 Å². The molecule has 98 valence electrons. The molecule has 0 radical (unpaired) electrons. The Balaban J connectivity index is 4.58. The fraction of sp³-hybridized carbons (Fsp3) is 1.00. The van der Waals surface area contributed by atoms with E-state index in [-0.39, 0.29) is 0 Å². The summed E-state index contributed by atoms with van der Waals surface area (Å²) in [6.45, 7) is 11.6. The number of hydrogen-bond donors (Lipinski definition) is 0. The minimum absolute atomic E-state index is 1.13. The number of nitrogens with zero attached hydrogens (tertiary/aromatic N) is 1. The molecule has 1 unspecified atom stereocenters. The lowest BCUT2D eigenvalue weighted by atomic mass is 10.3. The first-order valence-electron chi connectivity index (χ1n) is 6.40. The van der Waals surface area contributed by atoms with Gasteiger partial charge in [-0.05, 0) is 32.5 Å². The monoisotopic (exact) mass is 299 g/mol. The first-order valence-corrected chi connectivity index (χ1v) is 14.9. The van der Waals surface area contributed by atoms with Crippen LogP contribution in [0.1, 0.15) is 39.5 Å². The van der Waals surface area contributed by atoms with Crippen molar-refractivity contribution in [1.29, 1.82) is 0 Å². The lowest BCUT2D eigenvalue weighted by Crippen LogP contribution is -2.62. The van der Waals surface area contributed by atoms with E-state index in [9.17, 15) is 0 Å². The average Bonchev–Trinajstić information content (AvgIpc) is 2.16. The Morgan fingerprint density at radius 1 is 0.875 bits per heavy atom. The smallest absolute Gasteiger partial charge is 0.230 e. The molecule has 0 aromatic rings. The van der Waals surface area contributed by atoms with Gasteiger partial charge in [0.15, 0.2) is 6.90 Å². The molecule has 16 heavy (non-hydrogen) atoms. The predicted octanol–water partition coefficient (Wildman–Crippen LogP) is 4.72. The van der Waals surface area contributed by atoms with Crippen LogP contribution in [0.3, 0.4) is 0 Å². The molecule has 0 saturated carbocycles. The molecular weight excluding hydrogens is 273 g/mol. The minimum atomic E-state index is -1.90. The van der Waals surface area contributed by atoms with Crippen LogP contribution in [0.4, 0.5) is 0 Å². The van der Waals surface area contributed by atoms with E-state index >= 15 is 0 Å². The van der Waals surface area contributed by atoms with Crippen LogP contribution in [0.5, 0.6) is 0 Å². The highest BCUT2D eigenvalue weighted by molar-refractivity contribution is 7.69. The van der Waals surface area contributed by atoms with Gasteiger partial charge >= 0.3 is 0 Å². The van der Waals surface area contributed by atoms with Gasteiger partial charge in [-0.3, -0.25) is 0 Å². The molecule has 0 fully saturated rings. The van der Waals surface area contributed by atoms with Crippen LogP contribution in [-0.4, -0.2) is 31.6 Å². The summed E-state index contributed by atoms with van der Waals surface area (Å²) in [6, 6.07) is 0. The second-order valence-corrected chi connectivity index (χ2v) is 24.2. The zero-order valence-corrected chi connectivity index (χ0v) is 15.0. The van der Waals surface area contributed by atoms with Gasteiger partial charge in [0, 0.05) is 0 Å². The summed E-state index contributed by atoms with van der Waals surface area (Å²) in [6.07, 6.45) is 4.93. The third-order valence-electron chi connectivity index (χ3n) is 3.24. The van der Waals surface area contributed by atoms with Crippen LogP contribution >= 0.6 is 22.2 Å². The van der Waals surface area contributed by atoms with Gasteiger partial charge in [0.1, 0.15) is 0 Å². The van der Waals surface area contributed by atoms with E-state index < -0.39 is 14.0 Å². The minimum Gasteiger partial charge on any atom is -0.313 e. The van der Waals surface area contributed by atoms with Crippen LogP contribution in [-0.2, 0) is 0 Å². The Hall–Kier alpha value is 0.974. The van der Waals surface area contributed by atoms with E-state index in [1.54, 1.807) is 0 Å². The van der Waals surface area contributed by atoms with Gasteiger partial charge in [-0.2, -0.15) is 11.1 Å². The molecule has 0 rings (SSSR count). The van der Waals surface area contributed by atoms with Crippen molar-refractivity contribution in [3.63, 3.8) is 0 Å². The van der Waals surface area contributed by atoms with Crippen LogP contribution < -0.4 is 0 Å². The van der Waals surface area contributed by atoms with Crippen LogP contribution in [0.25, 0.3) is 0 Å². The summed E-state index contributed by atoms with van der Waals surface area (Å²) in [4.78, 5) is 0. The molecule has 1 atom stereocenters. The lowest BCUT2D eigenvalue weighted by Gasteiger charge is -2.40. The van der Waals surface area contributed by atoms with E-state index in [1.807, 2.05) is 0 Å². The summed E-state index contributed by atoms with van der Waals surface area (Å²) < 4.78 is 2.53. The summed E-state index contributed by atoms with van der Waals surface area (Å²) in [5.74, 6) is 0. The summed E-state index contributed by atoms with van der Waals surface area (Å²) >= 11 is 13.4. The fourth-order valence-electron chi connectivity index (χ4n) is 1.61. The number of hydrogen-bond acceptors (Lipinski definition) is 1. The van der Waals surface area contributed by atoms with E-state index in [2.05, 4.69) is 38.1 Å². The van der Waals surface area contributed by atoms with Crippen molar-refractivity contribution in [2.45, 2.75) is 59.2 Å². The molecule has 0 aliphatic carbocycles. The van der Waals surface area contributed by atoms with Crippen molar-refractivity contribution in [3.8, 4) is 0 Å². The largest absolute Gasteiger partial charge is 0.313 e. The molecule has 0 spiro atoms. The van der Waals surface area contributed by atoms with Crippen molar-refractivity contribution in [2.75, 3.05) is 13.1 Å². The highest BCUT2D eigenvalue weighted by Crippen LogP contribution is 2.30. The lowest BCUT2D eigenvalue weighted by molar-refractivity contribution is 0.413. The van der Waals surface area contributed by atoms with Crippen LogP contribution in [0.15, 0.2) is 0 Å². The molecule has 0 heterocycles. The number of rotatable bonds is 8. The van der Waals surface area contributed by atoms with E-state index in [0.29, 0.717) is 0 Å². The van der Waals surface area contributed by atoms with Gasteiger partial charge in [-0.15, -0.1) is 11.1 Å². The molecule has 0 saturated heterocycles. The Labute approximate surface area is 113 Å². The van der Waals surface area contributed by atoms with E-state index in [4.69, 9.17) is 22.2 Å². The van der Waals surface area contributed by atoms with Crippen molar-refractivity contribution < 1.29 is 0 Å². The summed E-state index contributed by atoms with van der Waals surface area (Å²) in [5, 5.41) is 0. The zero-order chi connectivity index (χ0) is 12.8. The first kappa shape index (κ1) is 17.0. The Kier molecular flexibility index (Phi) is 7.87. The quantitative estimate of drug-likeness (QED) is 0.463. The van der Waals surface area contributed by atoms with E-state index in [0.717, 1.165) is 13.1 Å². The predicted molar refractivity (Wildman–Crippen MR) is 82.2 cm³/mol. The number of unbranched alkanes of at least 4 members (excludes halogenated alkanes) is 2. The SMILES string of the molecule is CCCCN(CCCC)[Si](C)(Cl)[Si](C)(C)Cl. The second kappa shape index (κ2) is 7.42. The van der Waals surface area contributed by atoms with Crippen molar-refractivity contribution >= 4 is 36.1 Å². The third-order valence-corrected chi connectivity index (χ3v) is 23.7. The van der Waals surface area contributed by atoms with Crippen LogP contribution in [0, 0.1) is 0 Å². The van der Waals surface area contributed by atoms with Gasteiger partial charge in [0.05, 0.1) is 0 Å². The normalized spacial score (nSPS) is 16.5. The zero-order valence-electron chi connectivity index (χ0n) is 11.4. The third kappa shape index (κ3) is 5.09. The first-order chi connectivity index (χ1) is 7.27. The topological polar surface area (TPSA) is 3.24 Å². The molecule has 0 N–H and O–H groups in total. The molecule has 0 aromatic carbocycles. The Morgan fingerprint density at radius 2 is 1.25 bits per heavy atom. The molecule has 0 amide bonds. The van der Waals surface area contributed by atoms with E-state index in [1.165, 1.54) is 25.7 Å².